The lowest BCUT2D eigenvalue weighted by molar-refractivity contribution is -0.137. The Hall–Kier alpha value is -2.12. The van der Waals surface area contributed by atoms with Crippen LogP contribution < -0.4 is 4.72 Å². The summed E-state index contributed by atoms with van der Waals surface area (Å²) in [6, 6.07) is 9.33. The van der Waals surface area contributed by atoms with Gasteiger partial charge in [0.2, 0.25) is 0 Å². The Morgan fingerprint density at radius 1 is 1.17 bits per heavy atom. The van der Waals surface area contributed by atoms with E-state index in [1.54, 1.807) is 30.3 Å². The molecule has 8 heteroatoms. The zero-order valence-corrected chi connectivity index (χ0v) is 13.6. The highest BCUT2D eigenvalue weighted by molar-refractivity contribution is 7.92. The van der Waals surface area contributed by atoms with Crippen molar-refractivity contribution in [3.8, 4) is 0 Å². The van der Waals surface area contributed by atoms with Gasteiger partial charge in [-0.25, -0.2) is 8.42 Å². The van der Waals surface area contributed by atoms with E-state index in [2.05, 4.69) is 9.71 Å². The number of benzene rings is 1. The molecule has 2 N–H and O–H groups in total. The first kappa shape index (κ1) is 17.2. The number of aromatic nitrogens is 1. The van der Waals surface area contributed by atoms with E-state index in [-0.39, 0.29) is 11.3 Å². The van der Waals surface area contributed by atoms with Crippen LogP contribution in [0.4, 0.5) is 5.69 Å². The van der Waals surface area contributed by atoms with Crippen LogP contribution in [0.15, 0.2) is 47.5 Å². The number of carbonyl (C=O) groups is 1. The molecule has 0 saturated heterocycles. The van der Waals surface area contributed by atoms with Crippen molar-refractivity contribution in [1.29, 1.82) is 0 Å². The van der Waals surface area contributed by atoms with Gasteiger partial charge in [0.05, 0.1) is 0 Å². The van der Waals surface area contributed by atoms with Crippen molar-refractivity contribution in [2.45, 2.75) is 24.2 Å². The van der Waals surface area contributed by atoms with Gasteiger partial charge in [-0.3, -0.25) is 14.5 Å². The van der Waals surface area contributed by atoms with Crippen molar-refractivity contribution in [1.82, 2.24) is 4.98 Å². The molecular formula is C15H15ClN2O4S. The minimum Gasteiger partial charge on any atom is -0.481 e. The maximum absolute atomic E-state index is 12.2. The molecule has 0 fully saturated rings. The molecule has 0 saturated carbocycles. The molecular weight excluding hydrogens is 340 g/mol. The van der Waals surface area contributed by atoms with Gasteiger partial charge in [-0.15, -0.1) is 0 Å². The predicted octanol–water partition coefficient (Wildman–Crippen LogP) is 2.94. The van der Waals surface area contributed by atoms with Gasteiger partial charge < -0.3 is 5.11 Å². The van der Waals surface area contributed by atoms with Crippen molar-refractivity contribution in [2.24, 2.45) is 0 Å². The summed E-state index contributed by atoms with van der Waals surface area (Å²) in [5, 5.41) is 9.10. The highest BCUT2D eigenvalue weighted by Crippen LogP contribution is 2.18. The van der Waals surface area contributed by atoms with Crippen molar-refractivity contribution in [3.05, 3.63) is 53.3 Å². The molecule has 0 bridgehead atoms. The Bertz CT molecular complexity index is 774. The number of nitrogens with one attached hydrogen (secondary N) is 1. The molecule has 0 amide bonds. The van der Waals surface area contributed by atoms with E-state index >= 15 is 0 Å². The topological polar surface area (TPSA) is 96.4 Å². The van der Waals surface area contributed by atoms with Crippen molar-refractivity contribution in [2.75, 3.05) is 4.72 Å². The number of aryl methyl sites for hydroxylation is 1. The number of aliphatic carboxylic acids is 1. The number of carboxylic acid groups (broad SMARTS) is 1. The lowest BCUT2D eigenvalue weighted by Gasteiger charge is -2.08. The van der Waals surface area contributed by atoms with Crippen LogP contribution in [-0.4, -0.2) is 24.5 Å². The van der Waals surface area contributed by atoms with Crippen molar-refractivity contribution in [3.63, 3.8) is 0 Å². The molecule has 0 unspecified atom stereocenters. The minimum atomic E-state index is -3.73. The Morgan fingerprint density at radius 2 is 1.87 bits per heavy atom. The lowest BCUT2D eigenvalue weighted by Crippen LogP contribution is -2.13. The Morgan fingerprint density at radius 3 is 2.43 bits per heavy atom. The van der Waals surface area contributed by atoms with Crippen LogP contribution in [-0.2, 0) is 21.2 Å². The molecule has 0 radical (unpaired) electrons. The summed E-state index contributed by atoms with van der Waals surface area (Å²) in [6.45, 7) is 0. The number of hydrogen-bond donors (Lipinski definition) is 2. The molecule has 2 aromatic rings. The smallest absolute Gasteiger partial charge is 0.303 e. The second-order valence-corrected chi connectivity index (χ2v) is 6.96. The van der Waals surface area contributed by atoms with Crippen molar-refractivity contribution >= 4 is 33.3 Å². The molecule has 122 valence electrons. The number of nitrogens with zero attached hydrogens (tertiary/aromatic N) is 1. The van der Waals surface area contributed by atoms with Crippen LogP contribution in [0.3, 0.4) is 0 Å². The Balaban J connectivity index is 2.05. The van der Waals surface area contributed by atoms with E-state index in [0.717, 1.165) is 0 Å². The molecule has 23 heavy (non-hydrogen) atoms. The number of anilines is 1. The molecule has 1 aromatic carbocycles. The molecule has 0 aliphatic carbocycles. The molecule has 0 spiro atoms. The summed E-state index contributed by atoms with van der Waals surface area (Å²) in [4.78, 5) is 14.6. The van der Waals surface area contributed by atoms with Crippen LogP contribution in [0.2, 0.25) is 5.02 Å². The number of rotatable bonds is 7. The summed E-state index contributed by atoms with van der Waals surface area (Å²) < 4.78 is 26.9. The zero-order chi connectivity index (χ0) is 16.9. The van der Waals surface area contributed by atoms with E-state index in [9.17, 15) is 13.2 Å². The van der Waals surface area contributed by atoms with Gasteiger partial charge in [0.15, 0.2) is 0 Å². The van der Waals surface area contributed by atoms with Gasteiger partial charge >= 0.3 is 5.97 Å². The van der Waals surface area contributed by atoms with Crippen molar-refractivity contribution < 1.29 is 18.3 Å². The summed E-state index contributed by atoms with van der Waals surface area (Å²) in [6.07, 6.45) is 2.25. The standard InChI is InChI=1S/C15H15ClN2O4S/c16-11-4-6-13(7-5-11)18-23(21,22)14-9-8-12(17-10-14)2-1-3-15(19)20/h4-10,18H,1-3H2,(H,19,20). The van der Waals surface area contributed by atoms with Gasteiger partial charge in [0.25, 0.3) is 10.0 Å². The van der Waals surface area contributed by atoms with Crippen LogP contribution in [0.5, 0.6) is 0 Å². The third-order valence-electron chi connectivity index (χ3n) is 3.03. The molecule has 1 aromatic heterocycles. The fourth-order valence-electron chi connectivity index (χ4n) is 1.87. The monoisotopic (exact) mass is 354 g/mol. The first-order chi connectivity index (χ1) is 10.9. The maximum atomic E-state index is 12.2. The summed E-state index contributed by atoms with van der Waals surface area (Å²) in [7, 11) is -3.73. The molecule has 0 aliphatic rings. The maximum Gasteiger partial charge on any atom is 0.303 e. The third kappa shape index (κ3) is 5.22. The Kier molecular flexibility index (Phi) is 5.57. The first-order valence-corrected chi connectivity index (χ1v) is 8.68. The Labute approximate surface area is 139 Å². The third-order valence-corrected chi connectivity index (χ3v) is 4.65. The van der Waals surface area contributed by atoms with E-state index in [4.69, 9.17) is 16.7 Å². The van der Waals surface area contributed by atoms with Gasteiger partial charge in [0, 0.05) is 29.0 Å². The average molecular weight is 355 g/mol. The highest BCUT2D eigenvalue weighted by atomic mass is 35.5. The van der Waals surface area contributed by atoms with Crippen LogP contribution >= 0.6 is 11.6 Å². The minimum absolute atomic E-state index is 0.0365. The fraction of sp³-hybridized carbons (Fsp3) is 0.200. The van der Waals surface area contributed by atoms with Gasteiger partial charge in [-0.2, -0.15) is 0 Å². The van der Waals surface area contributed by atoms with Crippen LogP contribution in [0.1, 0.15) is 18.5 Å². The fourth-order valence-corrected chi connectivity index (χ4v) is 3.00. The SMILES string of the molecule is O=C(O)CCCc1ccc(S(=O)(=O)Nc2ccc(Cl)cc2)cn1. The van der Waals surface area contributed by atoms with E-state index in [0.29, 0.717) is 29.2 Å². The molecule has 1 heterocycles. The largest absolute Gasteiger partial charge is 0.481 e. The number of sulfonamides is 1. The molecule has 6 nitrogen and oxygen atoms in total. The van der Waals surface area contributed by atoms with Gasteiger partial charge in [-0.05, 0) is 49.2 Å². The number of carboxylic acids is 1. The van der Waals surface area contributed by atoms with E-state index < -0.39 is 16.0 Å². The van der Waals surface area contributed by atoms with Crippen LogP contribution in [0.25, 0.3) is 0 Å². The second kappa shape index (κ2) is 7.43. The summed E-state index contributed by atoms with van der Waals surface area (Å²) in [5.74, 6) is -0.864. The molecule has 0 atom stereocenters. The average Bonchev–Trinajstić information content (AvgIpc) is 2.50. The van der Waals surface area contributed by atoms with Gasteiger partial charge in [-0.1, -0.05) is 11.6 Å². The summed E-state index contributed by atoms with van der Waals surface area (Å²) in [5.41, 5.74) is 1.05. The molecule has 2 rings (SSSR count). The van der Waals surface area contributed by atoms with Crippen LogP contribution in [0, 0.1) is 0 Å². The van der Waals surface area contributed by atoms with E-state index in [1.165, 1.54) is 12.3 Å². The predicted molar refractivity (Wildman–Crippen MR) is 87.1 cm³/mol. The quantitative estimate of drug-likeness (QED) is 0.796. The first-order valence-electron chi connectivity index (χ1n) is 6.82. The number of pyridine rings is 1. The second-order valence-electron chi connectivity index (χ2n) is 4.84. The number of halogens is 1. The normalized spacial score (nSPS) is 11.2. The number of hydrogen-bond acceptors (Lipinski definition) is 4. The van der Waals surface area contributed by atoms with Gasteiger partial charge in [0.1, 0.15) is 4.90 Å². The lowest BCUT2D eigenvalue weighted by atomic mass is 10.2. The molecule has 0 aliphatic heterocycles. The van der Waals surface area contributed by atoms with E-state index in [1.807, 2.05) is 0 Å². The highest BCUT2D eigenvalue weighted by Gasteiger charge is 2.14. The zero-order valence-electron chi connectivity index (χ0n) is 12.1. The summed E-state index contributed by atoms with van der Waals surface area (Å²) >= 11 is 5.75.